The minimum atomic E-state index is -0.218. The van der Waals surface area contributed by atoms with E-state index in [1.54, 1.807) is 0 Å². The van der Waals surface area contributed by atoms with Gasteiger partial charge in [-0.3, -0.25) is 29.1 Å². The SMILES string of the molecule is CC(=O)NN.CCOC1=NCCc2c(CC)nn(C3CCCC3)c21.CCc1nn(C2CCCC2)c2c1CCNC2=O.CCc1nn(C2CCCC2)c2c1CCn1c(C)nnc1-2. The number of rotatable bonds is 7. The Balaban J connectivity index is 0.000000131. The maximum absolute atomic E-state index is 12.0. The van der Waals surface area contributed by atoms with Crippen LogP contribution in [0.1, 0.15) is 186 Å². The number of nitrogens with zero attached hydrogens (tertiary/aromatic N) is 10. The summed E-state index contributed by atoms with van der Waals surface area (Å²) in [6.45, 7) is 15.2. The second-order valence-electron chi connectivity index (χ2n) is 17.1. The van der Waals surface area contributed by atoms with Crippen molar-refractivity contribution in [2.24, 2.45) is 10.8 Å². The van der Waals surface area contributed by atoms with E-state index < -0.39 is 0 Å². The van der Waals surface area contributed by atoms with Crippen molar-refractivity contribution >= 4 is 17.7 Å². The molecule has 3 aliphatic heterocycles. The van der Waals surface area contributed by atoms with Crippen LogP contribution in [0.4, 0.5) is 0 Å². The Morgan fingerprint density at radius 2 is 1.20 bits per heavy atom. The highest BCUT2D eigenvalue weighted by atomic mass is 16.5. The number of carbonyl (C=O) groups excluding carboxylic acids is 2. The molecule has 2 amide bonds. The fourth-order valence-electron chi connectivity index (χ4n) is 10.2. The van der Waals surface area contributed by atoms with Gasteiger partial charge in [-0.15, -0.1) is 10.2 Å². The number of amides is 2. The highest BCUT2D eigenvalue weighted by Crippen LogP contribution is 2.39. The molecule has 3 fully saturated rings. The minimum absolute atomic E-state index is 0.0744. The van der Waals surface area contributed by atoms with Crippen LogP contribution in [-0.4, -0.2) is 81.5 Å². The van der Waals surface area contributed by atoms with Crippen molar-refractivity contribution in [2.75, 3.05) is 19.7 Å². The van der Waals surface area contributed by atoms with Gasteiger partial charge in [0.25, 0.3) is 5.91 Å². The Morgan fingerprint density at radius 3 is 1.69 bits per heavy atom. The summed E-state index contributed by atoms with van der Waals surface area (Å²) in [5.74, 6) is 7.30. The van der Waals surface area contributed by atoms with E-state index in [9.17, 15) is 9.59 Å². The van der Waals surface area contributed by atoms with E-state index in [2.05, 4.69) is 61.1 Å². The van der Waals surface area contributed by atoms with Gasteiger partial charge in [0.15, 0.2) is 5.82 Å². The molecule has 16 heteroatoms. The lowest BCUT2D eigenvalue weighted by molar-refractivity contribution is -0.119. The molecule has 3 saturated carbocycles. The van der Waals surface area contributed by atoms with Crippen molar-refractivity contribution < 1.29 is 14.3 Å². The Kier molecular flexibility index (Phi) is 14.7. The molecule has 0 saturated heterocycles. The molecule has 61 heavy (non-hydrogen) atoms. The van der Waals surface area contributed by atoms with Crippen LogP contribution in [0.25, 0.3) is 11.5 Å². The van der Waals surface area contributed by atoms with Gasteiger partial charge in [0.2, 0.25) is 11.8 Å². The molecule has 7 heterocycles. The van der Waals surface area contributed by atoms with Crippen LogP contribution in [0.15, 0.2) is 4.99 Å². The first-order valence-corrected chi connectivity index (χ1v) is 23.4. The Labute approximate surface area is 360 Å². The Bertz CT molecular complexity index is 2160. The molecule has 0 spiro atoms. The summed E-state index contributed by atoms with van der Waals surface area (Å²) < 4.78 is 14.5. The standard InChI is InChI=1S/C15H21N5.C15H23N3O.C13H19N3O.C2H6N2O/c1-3-13-12-8-9-19-10(2)16-17-15(19)14(12)20(18-13)11-6-4-5-7-11;1-3-13-12-9-10-16-15(19-4-2)14(12)18(17-13)11-7-5-6-8-11;1-2-11-10-7-8-14-13(17)12(10)16(15-11)9-5-3-4-6-9;1-2(5)4-3/h11H,3-9H2,1-2H3;11H,3-10H2,1-2H3;9H,2-8H2,1H3,(H,14,17);3H2,1H3,(H,4,5). The summed E-state index contributed by atoms with van der Waals surface area (Å²) in [6.07, 6.45) is 21.1. The second kappa shape index (κ2) is 20.3. The maximum atomic E-state index is 12.0. The van der Waals surface area contributed by atoms with Crippen LogP contribution < -0.4 is 16.6 Å². The van der Waals surface area contributed by atoms with Crippen molar-refractivity contribution in [1.82, 2.24) is 54.8 Å². The molecule has 0 aromatic carbocycles. The molecule has 4 N–H and O–H groups in total. The molecule has 0 atom stereocenters. The smallest absolute Gasteiger partial charge is 0.269 e. The van der Waals surface area contributed by atoms with E-state index in [-0.39, 0.29) is 11.8 Å². The molecule has 0 unspecified atom stereocenters. The zero-order valence-electron chi connectivity index (χ0n) is 37.6. The highest BCUT2D eigenvalue weighted by Gasteiger charge is 2.33. The van der Waals surface area contributed by atoms with Gasteiger partial charge in [-0.2, -0.15) is 15.3 Å². The van der Waals surface area contributed by atoms with Crippen LogP contribution in [0.2, 0.25) is 0 Å². The van der Waals surface area contributed by atoms with Gasteiger partial charge in [-0.05, 0) is 90.9 Å². The third-order valence-corrected chi connectivity index (χ3v) is 13.2. The number of nitrogens with one attached hydrogen (secondary N) is 2. The highest BCUT2D eigenvalue weighted by molar-refractivity contribution is 5.96. The fourth-order valence-corrected chi connectivity index (χ4v) is 10.2. The Morgan fingerprint density at radius 1 is 0.721 bits per heavy atom. The zero-order chi connectivity index (χ0) is 43.0. The predicted octanol–water partition coefficient (Wildman–Crippen LogP) is 6.43. The van der Waals surface area contributed by atoms with Crippen LogP contribution in [0, 0.1) is 6.92 Å². The number of carbonyl (C=O) groups is 2. The number of fused-ring (bicyclic) bond motifs is 5. The summed E-state index contributed by atoms with van der Waals surface area (Å²) in [7, 11) is 0. The van der Waals surface area contributed by atoms with E-state index in [1.165, 1.54) is 123 Å². The average molecular weight is 840 g/mol. The van der Waals surface area contributed by atoms with Crippen molar-refractivity contribution in [2.45, 2.75) is 182 Å². The molecule has 3 aliphatic carbocycles. The van der Waals surface area contributed by atoms with Crippen LogP contribution in [-0.2, 0) is 54.6 Å². The van der Waals surface area contributed by atoms with Crippen molar-refractivity contribution in [3.8, 4) is 11.5 Å². The monoisotopic (exact) mass is 840 g/mol. The topological polar surface area (TPSA) is 190 Å². The van der Waals surface area contributed by atoms with Crippen molar-refractivity contribution in [3.05, 3.63) is 51.0 Å². The van der Waals surface area contributed by atoms with Gasteiger partial charge in [-0.25, -0.2) is 10.8 Å². The van der Waals surface area contributed by atoms with Gasteiger partial charge < -0.3 is 14.6 Å². The molecular formula is C45H69N13O3. The summed E-state index contributed by atoms with van der Waals surface area (Å²) in [4.78, 5) is 26.2. The first kappa shape index (κ1) is 44.2. The largest absolute Gasteiger partial charge is 0.477 e. The average Bonchev–Trinajstić information content (AvgIpc) is 4.13. The van der Waals surface area contributed by atoms with Crippen LogP contribution >= 0.6 is 0 Å². The number of aliphatic imine (C=N–C) groups is 1. The number of nitrogens with two attached hydrogens (primary N) is 1. The lowest BCUT2D eigenvalue weighted by Crippen LogP contribution is -2.34. The normalized spacial score (nSPS) is 18.3. The fraction of sp³-hybridized carbons (Fsp3) is 0.689. The number of hydrogen-bond donors (Lipinski definition) is 3. The van der Waals surface area contributed by atoms with Gasteiger partial charge in [-0.1, -0.05) is 59.3 Å². The molecule has 332 valence electrons. The third-order valence-electron chi connectivity index (χ3n) is 13.2. The number of aryl methyl sites for hydroxylation is 4. The minimum Gasteiger partial charge on any atom is -0.477 e. The number of hydrazine groups is 1. The molecule has 16 nitrogen and oxygen atoms in total. The molecule has 4 aromatic rings. The molecule has 0 bridgehead atoms. The van der Waals surface area contributed by atoms with E-state index in [4.69, 9.17) is 20.0 Å². The van der Waals surface area contributed by atoms with Gasteiger partial charge in [0, 0.05) is 43.2 Å². The van der Waals surface area contributed by atoms with E-state index >= 15 is 0 Å². The zero-order valence-corrected chi connectivity index (χ0v) is 37.6. The summed E-state index contributed by atoms with van der Waals surface area (Å²) in [6, 6.07) is 1.57. The molecular weight excluding hydrogens is 771 g/mol. The van der Waals surface area contributed by atoms with Crippen LogP contribution in [0.5, 0.6) is 0 Å². The number of aromatic nitrogens is 9. The van der Waals surface area contributed by atoms with E-state index in [0.29, 0.717) is 24.7 Å². The van der Waals surface area contributed by atoms with Gasteiger partial charge >= 0.3 is 0 Å². The quantitative estimate of drug-likeness (QED) is 0.107. The molecule has 6 aliphatic rings. The maximum Gasteiger partial charge on any atom is 0.269 e. The van der Waals surface area contributed by atoms with E-state index in [0.717, 1.165) is 87.1 Å². The lowest BCUT2D eigenvalue weighted by Gasteiger charge is -2.19. The van der Waals surface area contributed by atoms with Gasteiger partial charge in [0.05, 0.1) is 41.8 Å². The van der Waals surface area contributed by atoms with E-state index in [1.807, 2.05) is 24.0 Å². The van der Waals surface area contributed by atoms with Gasteiger partial charge in [0.1, 0.15) is 22.9 Å². The lowest BCUT2D eigenvalue weighted by atomic mass is 10.0. The molecule has 10 rings (SSSR count). The summed E-state index contributed by atoms with van der Waals surface area (Å²) >= 11 is 0. The summed E-state index contributed by atoms with van der Waals surface area (Å²) in [5.41, 5.74) is 12.8. The second-order valence-corrected chi connectivity index (χ2v) is 17.1. The Hall–Kier alpha value is -4.86. The molecule has 4 aromatic heterocycles. The third kappa shape index (κ3) is 9.34. The first-order chi connectivity index (χ1) is 29.7. The summed E-state index contributed by atoms with van der Waals surface area (Å²) in [5, 5.41) is 26.2. The van der Waals surface area contributed by atoms with Crippen molar-refractivity contribution in [1.29, 1.82) is 0 Å². The first-order valence-electron chi connectivity index (χ1n) is 23.4. The predicted molar refractivity (Wildman–Crippen MR) is 236 cm³/mol. The number of hydrogen-bond acceptors (Lipinski definition) is 10. The van der Waals surface area contributed by atoms with Crippen molar-refractivity contribution in [3.63, 3.8) is 0 Å². The molecule has 0 radical (unpaired) electrons. The van der Waals surface area contributed by atoms with Crippen LogP contribution in [0.3, 0.4) is 0 Å². The number of ether oxygens (including phenoxy) is 1.